The number of benzene rings is 2. The zero-order chi connectivity index (χ0) is 23.4. The van der Waals surface area contributed by atoms with Crippen molar-refractivity contribution in [3.63, 3.8) is 0 Å². The minimum atomic E-state index is -0.544. The predicted octanol–water partition coefficient (Wildman–Crippen LogP) is 4.64. The van der Waals surface area contributed by atoms with Gasteiger partial charge in [-0.05, 0) is 55.7 Å². The monoisotopic (exact) mass is 457 g/mol. The van der Waals surface area contributed by atoms with Gasteiger partial charge in [0.2, 0.25) is 5.91 Å². The fraction of sp³-hybridized carbons (Fsp3) is 0.192. The lowest BCUT2D eigenvalue weighted by atomic mass is 10.0. The summed E-state index contributed by atoms with van der Waals surface area (Å²) in [5, 5.41) is 12.5. The van der Waals surface area contributed by atoms with Crippen LogP contribution in [0.1, 0.15) is 22.5 Å². The van der Waals surface area contributed by atoms with Crippen LogP contribution in [0.4, 0.5) is 5.69 Å². The standard InChI is InChI=1S/C26H23N3O3S/c1-17-9-11-20(12-10-17)29-25(31)23(14-19-7-4-3-6-18(19)2)33-26(29)22(15-27)24(30)28-16-21-8-5-13-32-21/h3-13,23H,14,16H2,1-2H3,(H,28,30)/b26-22-. The van der Waals surface area contributed by atoms with Crippen molar-refractivity contribution < 1.29 is 14.0 Å². The number of furan rings is 1. The van der Waals surface area contributed by atoms with Crippen molar-refractivity contribution in [1.29, 1.82) is 5.26 Å². The summed E-state index contributed by atoms with van der Waals surface area (Å²) >= 11 is 1.26. The molecule has 1 fully saturated rings. The van der Waals surface area contributed by atoms with Gasteiger partial charge in [-0.15, -0.1) is 0 Å². The molecule has 1 aliphatic rings. The smallest absolute Gasteiger partial charge is 0.265 e. The van der Waals surface area contributed by atoms with Crippen LogP contribution in [-0.4, -0.2) is 17.1 Å². The SMILES string of the molecule is Cc1ccc(N2C(=O)C(Cc3ccccc3C)S/C2=C(/C#N)C(=O)NCc2ccco2)cc1. The fourth-order valence-electron chi connectivity index (χ4n) is 3.62. The Hall–Kier alpha value is -3.76. The van der Waals surface area contributed by atoms with Gasteiger partial charge in [-0.1, -0.05) is 53.7 Å². The molecule has 6 nitrogen and oxygen atoms in total. The summed E-state index contributed by atoms with van der Waals surface area (Å²) in [6, 6.07) is 20.9. The minimum Gasteiger partial charge on any atom is -0.467 e. The number of nitrogens with zero attached hydrogens (tertiary/aromatic N) is 2. The second-order valence-electron chi connectivity index (χ2n) is 7.80. The molecule has 1 unspecified atom stereocenters. The first-order chi connectivity index (χ1) is 16.0. The van der Waals surface area contributed by atoms with Crippen molar-refractivity contribution in [1.82, 2.24) is 5.32 Å². The number of nitriles is 1. The highest BCUT2D eigenvalue weighted by atomic mass is 32.2. The number of carbonyl (C=O) groups is 2. The average molecular weight is 458 g/mol. The van der Waals surface area contributed by atoms with Crippen molar-refractivity contribution in [3.05, 3.63) is 100.0 Å². The van der Waals surface area contributed by atoms with Crippen molar-refractivity contribution in [2.45, 2.75) is 32.1 Å². The first-order valence-electron chi connectivity index (χ1n) is 10.5. The van der Waals surface area contributed by atoms with E-state index in [0.29, 0.717) is 22.9 Å². The quantitative estimate of drug-likeness (QED) is 0.431. The summed E-state index contributed by atoms with van der Waals surface area (Å²) in [5.74, 6) is -0.111. The highest BCUT2D eigenvalue weighted by molar-refractivity contribution is 8.05. The molecule has 3 aromatic rings. The molecule has 166 valence electrons. The lowest BCUT2D eigenvalue weighted by Gasteiger charge is -2.19. The molecule has 0 radical (unpaired) electrons. The molecule has 0 aliphatic carbocycles. The van der Waals surface area contributed by atoms with Gasteiger partial charge in [0.1, 0.15) is 22.4 Å². The van der Waals surface area contributed by atoms with Gasteiger partial charge in [0.05, 0.1) is 18.1 Å². The van der Waals surface area contributed by atoms with Gasteiger partial charge >= 0.3 is 0 Å². The van der Waals surface area contributed by atoms with Crippen LogP contribution in [0.15, 0.2) is 81.9 Å². The second-order valence-corrected chi connectivity index (χ2v) is 8.99. The van der Waals surface area contributed by atoms with E-state index in [-0.39, 0.29) is 18.0 Å². The lowest BCUT2D eigenvalue weighted by molar-refractivity contribution is -0.117. The van der Waals surface area contributed by atoms with Crippen molar-refractivity contribution in [3.8, 4) is 6.07 Å². The molecule has 2 aromatic carbocycles. The maximum atomic E-state index is 13.5. The molecule has 0 saturated carbocycles. The molecule has 2 amide bonds. The van der Waals surface area contributed by atoms with Gasteiger partial charge in [-0.3, -0.25) is 14.5 Å². The van der Waals surface area contributed by atoms with E-state index >= 15 is 0 Å². The van der Waals surface area contributed by atoms with E-state index in [4.69, 9.17) is 4.42 Å². The Kier molecular flexibility index (Phi) is 6.66. The van der Waals surface area contributed by atoms with Crippen LogP contribution in [0.25, 0.3) is 0 Å². The fourth-order valence-corrected chi connectivity index (χ4v) is 4.92. The number of rotatable bonds is 6. The molecule has 4 rings (SSSR count). The first kappa shape index (κ1) is 22.4. The topological polar surface area (TPSA) is 86.3 Å². The number of anilines is 1. The number of nitrogens with one attached hydrogen (secondary N) is 1. The van der Waals surface area contributed by atoms with E-state index < -0.39 is 11.2 Å². The Labute approximate surface area is 196 Å². The van der Waals surface area contributed by atoms with E-state index in [1.165, 1.54) is 22.9 Å². The van der Waals surface area contributed by atoms with E-state index in [1.54, 1.807) is 12.1 Å². The zero-order valence-corrected chi connectivity index (χ0v) is 19.2. The third-order valence-electron chi connectivity index (χ3n) is 5.47. The van der Waals surface area contributed by atoms with Crippen LogP contribution < -0.4 is 10.2 Å². The van der Waals surface area contributed by atoms with E-state index in [0.717, 1.165) is 16.7 Å². The molecule has 33 heavy (non-hydrogen) atoms. The van der Waals surface area contributed by atoms with Crippen molar-refractivity contribution in [2.24, 2.45) is 0 Å². The zero-order valence-electron chi connectivity index (χ0n) is 18.4. The van der Waals surface area contributed by atoms with Gasteiger partial charge in [0.25, 0.3) is 5.91 Å². The van der Waals surface area contributed by atoms with Crippen LogP contribution in [-0.2, 0) is 22.6 Å². The summed E-state index contributed by atoms with van der Waals surface area (Å²) < 4.78 is 5.25. The summed E-state index contributed by atoms with van der Waals surface area (Å²) in [5.41, 5.74) is 3.76. The lowest BCUT2D eigenvalue weighted by Crippen LogP contribution is -2.32. The Morgan fingerprint density at radius 3 is 2.55 bits per heavy atom. The van der Waals surface area contributed by atoms with Gasteiger partial charge in [0.15, 0.2) is 0 Å². The third-order valence-corrected chi connectivity index (χ3v) is 6.73. The van der Waals surface area contributed by atoms with E-state index in [1.807, 2.05) is 68.4 Å². The van der Waals surface area contributed by atoms with Crippen LogP contribution in [0.2, 0.25) is 0 Å². The van der Waals surface area contributed by atoms with Gasteiger partial charge in [0, 0.05) is 5.69 Å². The Bertz CT molecular complexity index is 1240. The minimum absolute atomic E-state index is 0.0900. The van der Waals surface area contributed by atoms with Crippen molar-refractivity contribution >= 4 is 29.3 Å². The summed E-state index contributed by atoms with van der Waals surface area (Å²) in [6.07, 6.45) is 2.03. The molecule has 1 atom stereocenters. The van der Waals surface area contributed by atoms with Gasteiger partial charge in [-0.25, -0.2) is 0 Å². The molecule has 1 N–H and O–H groups in total. The first-order valence-corrected chi connectivity index (χ1v) is 11.4. The molecular weight excluding hydrogens is 434 g/mol. The van der Waals surface area contributed by atoms with E-state index in [2.05, 4.69) is 5.32 Å². The van der Waals surface area contributed by atoms with Crippen LogP contribution in [0.5, 0.6) is 0 Å². The number of hydrogen-bond acceptors (Lipinski definition) is 5. The van der Waals surface area contributed by atoms with Crippen molar-refractivity contribution in [2.75, 3.05) is 4.90 Å². The number of carbonyl (C=O) groups excluding carboxylic acids is 2. The molecular formula is C26H23N3O3S. The highest BCUT2D eigenvalue weighted by Crippen LogP contribution is 2.42. The van der Waals surface area contributed by atoms with Crippen LogP contribution in [0.3, 0.4) is 0 Å². The maximum absolute atomic E-state index is 13.5. The average Bonchev–Trinajstić information content (AvgIpc) is 3.44. The van der Waals surface area contributed by atoms with Gasteiger partial charge < -0.3 is 9.73 Å². The number of hydrogen-bond donors (Lipinski definition) is 1. The summed E-state index contributed by atoms with van der Waals surface area (Å²) in [7, 11) is 0. The normalized spacial score (nSPS) is 17.1. The number of thioether (sulfide) groups is 1. The van der Waals surface area contributed by atoms with Crippen LogP contribution in [0, 0.1) is 25.2 Å². The molecule has 1 saturated heterocycles. The molecule has 0 bridgehead atoms. The predicted molar refractivity (Wildman–Crippen MR) is 128 cm³/mol. The second kappa shape index (κ2) is 9.80. The number of amides is 2. The molecule has 1 aliphatic heterocycles. The van der Waals surface area contributed by atoms with Gasteiger partial charge in [-0.2, -0.15) is 5.26 Å². The molecule has 2 heterocycles. The molecule has 7 heteroatoms. The highest BCUT2D eigenvalue weighted by Gasteiger charge is 2.40. The Morgan fingerprint density at radius 2 is 1.88 bits per heavy atom. The Morgan fingerprint density at radius 1 is 1.12 bits per heavy atom. The molecule has 1 aromatic heterocycles. The third kappa shape index (κ3) is 4.86. The van der Waals surface area contributed by atoms with E-state index in [9.17, 15) is 14.9 Å². The Balaban J connectivity index is 1.69. The number of aryl methyl sites for hydroxylation is 2. The largest absolute Gasteiger partial charge is 0.467 e. The molecule has 0 spiro atoms. The van der Waals surface area contributed by atoms with Crippen LogP contribution >= 0.6 is 11.8 Å². The maximum Gasteiger partial charge on any atom is 0.265 e. The summed E-state index contributed by atoms with van der Waals surface area (Å²) in [6.45, 7) is 4.13. The summed E-state index contributed by atoms with van der Waals surface area (Å²) in [4.78, 5) is 27.9.